The Labute approximate surface area is 250 Å². The lowest BCUT2D eigenvalue weighted by atomic mass is 9.96. The summed E-state index contributed by atoms with van der Waals surface area (Å²) in [6.07, 6.45) is -17.0. The van der Waals surface area contributed by atoms with E-state index in [0.717, 1.165) is 0 Å². The molecule has 4 heterocycles. The van der Waals surface area contributed by atoms with Crippen molar-refractivity contribution < 1.29 is 78.0 Å². The maximum atomic E-state index is 11.2. The first-order valence-electron chi connectivity index (χ1n) is 14.6. The van der Waals surface area contributed by atoms with Crippen LogP contribution in [0.1, 0.15) is 33.6 Å². The topological polar surface area (TPSA) is 214 Å². The fourth-order valence-electron chi connectivity index (χ4n) is 6.18. The molecule has 1 unspecified atom stereocenters. The van der Waals surface area contributed by atoms with Crippen molar-refractivity contribution in [1.82, 2.24) is 0 Å². The van der Waals surface area contributed by atoms with Gasteiger partial charge in [-0.2, -0.15) is 0 Å². The minimum absolute atomic E-state index is 0.254. The molecule has 0 radical (unpaired) electrons. The van der Waals surface area contributed by atoms with Crippen molar-refractivity contribution >= 4 is 0 Å². The fourth-order valence-corrected chi connectivity index (χ4v) is 6.18. The molecule has 0 amide bonds. The molecular weight excluding hydrogens is 580 g/mol. The van der Waals surface area contributed by atoms with Gasteiger partial charge in [0.25, 0.3) is 0 Å². The number of aliphatic hydroxyl groups excluding tert-OH is 6. The Balaban J connectivity index is 1.39. The number of ether oxygens (including phenoxy) is 10. The summed E-state index contributed by atoms with van der Waals surface area (Å²) in [6, 6.07) is 0. The number of aliphatic hydroxyl groups is 6. The van der Waals surface area contributed by atoms with Crippen LogP contribution >= 0.6 is 0 Å². The quantitative estimate of drug-likeness (QED) is 0.146. The summed E-state index contributed by atoms with van der Waals surface area (Å²) in [5.74, 6) is 0. The summed E-state index contributed by atoms with van der Waals surface area (Å²) >= 11 is 0. The summed E-state index contributed by atoms with van der Waals surface area (Å²) in [5, 5.41) is 61.3. The molecule has 0 spiro atoms. The fraction of sp³-hybridized carbons (Fsp3) is 1.00. The molecule has 4 aliphatic rings. The van der Waals surface area contributed by atoms with Crippen LogP contribution in [0.15, 0.2) is 0 Å². The van der Waals surface area contributed by atoms with Gasteiger partial charge in [0.1, 0.15) is 54.9 Å². The van der Waals surface area contributed by atoms with Crippen LogP contribution in [0.3, 0.4) is 0 Å². The second-order valence-electron chi connectivity index (χ2n) is 11.5. The second-order valence-corrected chi connectivity index (χ2v) is 11.5. The zero-order chi connectivity index (χ0) is 31.6. The molecule has 4 rings (SSSR count). The normalized spacial score (nSPS) is 51.3. The zero-order valence-corrected chi connectivity index (χ0v) is 25.3. The molecule has 0 aromatic heterocycles. The molecule has 0 aromatic carbocycles. The Morgan fingerprint density at radius 2 is 1.12 bits per heavy atom. The predicted molar refractivity (Wildman–Crippen MR) is 141 cm³/mol. The molecule has 0 aliphatic carbocycles. The molecule has 16 heteroatoms. The van der Waals surface area contributed by atoms with Crippen LogP contribution in [0.5, 0.6) is 0 Å². The van der Waals surface area contributed by atoms with E-state index in [1.165, 1.54) is 14.2 Å². The third-order valence-electron chi connectivity index (χ3n) is 8.62. The molecule has 18 atom stereocenters. The minimum atomic E-state index is -1.64. The third kappa shape index (κ3) is 7.68. The largest absolute Gasteiger partial charge is 0.394 e. The van der Waals surface area contributed by atoms with Crippen LogP contribution in [0, 0.1) is 0 Å². The summed E-state index contributed by atoms with van der Waals surface area (Å²) < 4.78 is 58.2. The molecule has 16 nitrogen and oxygen atoms in total. The lowest BCUT2D eigenvalue weighted by molar-refractivity contribution is -0.373. The lowest BCUT2D eigenvalue weighted by Gasteiger charge is -2.48. The summed E-state index contributed by atoms with van der Waals surface area (Å²) in [7, 11) is 4.43. The van der Waals surface area contributed by atoms with Gasteiger partial charge in [0.05, 0.1) is 37.1 Å². The molecule has 252 valence electrons. The van der Waals surface area contributed by atoms with E-state index in [4.69, 9.17) is 47.4 Å². The van der Waals surface area contributed by atoms with Crippen molar-refractivity contribution in [3.63, 3.8) is 0 Å². The highest BCUT2D eigenvalue weighted by Crippen LogP contribution is 2.35. The maximum absolute atomic E-state index is 11.2. The molecule has 0 bridgehead atoms. The standard InChI is InChI=1S/C27H48O16/c1-10-22(13(34-4)7-16(29)37-10)41-17-8-14(35-5)23(11(2)38-17)42-27-21(33)25(36-6)24(12(3)39-27)43-26-20(32)19(31)18(30)15(9-28)40-26/h10-33H,7-9H2,1-6H3/t10-,11-,12-,13+,14-,15-,16?,17+,18-,19+,20-,21-,22-,23-,24-,25+,26+,27+/m1/s1. The monoisotopic (exact) mass is 628 g/mol. The molecule has 0 saturated carbocycles. The Morgan fingerprint density at radius 3 is 1.74 bits per heavy atom. The van der Waals surface area contributed by atoms with Gasteiger partial charge < -0.3 is 78.0 Å². The molecule has 0 aromatic rings. The van der Waals surface area contributed by atoms with Crippen molar-refractivity contribution in [1.29, 1.82) is 0 Å². The van der Waals surface area contributed by atoms with E-state index in [-0.39, 0.29) is 12.8 Å². The van der Waals surface area contributed by atoms with Gasteiger partial charge >= 0.3 is 0 Å². The van der Waals surface area contributed by atoms with Crippen LogP contribution in [-0.4, -0.2) is 169 Å². The lowest BCUT2D eigenvalue weighted by Crippen LogP contribution is -2.65. The first-order valence-corrected chi connectivity index (χ1v) is 14.6. The number of hydrogen-bond acceptors (Lipinski definition) is 16. The van der Waals surface area contributed by atoms with Crippen LogP contribution in [0.4, 0.5) is 0 Å². The van der Waals surface area contributed by atoms with Gasteiger partial charge in [-0.05, 0) is 20.8 Å². The van der Waals surface area contributed by atoms with E-state index in [0.29, 0.717) is 0 Å². The first-order chi connectivity index (χ1) is 20.4. The van der Waals surface area contributed by atoms with Crippen molar-refractivity contribution in [3.05, 3.63) is 0 Å². The Kier molecular flexibility index (Phi) is 12.5. The van der Waals surface area contributed by atoms with E-state index in [1.807, 2.05) is 0 Å². The Morgan fingerprint density at radius 1 is 0.558 bits per heavy atom. The second kappa shape index (κ2) is 15.3. The van der Waals surface area contributed by atoms with E-state index in [1.54, 1.807) is 27.9 Å². The van der Waals surface area contributed by atoms with Gasteiger partial charge in [-0.3, -0.25) is 0 Å². The van der Waals surface area contributed by atoms with E-state index < -0.39 is 117 Å². The number of methoxy groups -OCH3 is 3. The SMILES string of the molecule is CO[C@H]1[C@@H](O)[C@H](O[C@@H]2[C@@H](C)O[C@@H](O[C@H]3[C@@H](OC)CC(O)O[C@@H]3C)C[C@H]2OC)O[C@H](C)[C@H]1O[C@@H]1O[C@H](CO)[C@@H](O)[C@H](O)[C@H]1O. The van der Waals surface area contributed by atoms with Gasteiger partial charge in [0, 0.05) is 34.2 Å². The van der Waals surface area contributed by atoms with Crippen molar-refractivity contribution in [2.75, 3.05) is 27.9 Å². The van der Waals surface area contributed by atoms with Gasteiger partial charge in [0.15, 0.2) is 25.2 Å². The Hall–Kier alpha value is -0.640. The van der Waals surface area contributed by atoms with Crippen LogP contribution in [-0.2, 0) is 47.4 Å². The Bertz CT molecular complexity index is 852. The van der Waals surface area contributed by atoms with Crippen LogP contribution in [0.2, 0.25) is 0 Å². The minimum Gasteiger partial charge on any atom is -0.394 e. The van der Waals surface area contributed by atoms with E-state index in [2.05, 4.69) is 0 Å². The molecule has 4 aliphatic heterocycles. The van der Waals surface area contributed by atoms with E-state index in [9.17, 15) is 30.6 Å². The van der Waals surface area contributed by atoms with Crippen molar-refractivity contribution in [2.24, 2.45) is 0 Å². The highest BCUT2D eigenvalue weighted by Gasteiger charge is 2.52. The summed E-state index contributed by atoms with van der Waals surface area (Å²) in [4.78, 5) is 0. The number of hydrogen-bond donors (Lipinski definition) is 6. The van der Waals surface area contributed by atoms with Gasteiger partial charge in [-0.15, -0.1) is 0 Å². The maximum Gasteiger partial charge on any atom is 0.187 e. The highest BCUT2D eigenvalue weighted by molar-refractivity contribution is 4.95. The van der Waals surface area contributed by atoms with Crippen LogP contribution < -0.4 is 0 Å². The van der Waals surface area contributed by atoms with Gasteiger partial charge in [-0.1, -0.05) is 0 Å². The number of rotatable bonds is 10. The molecular formula is C27H48O16. The predicted octanol–water partition coefficient (Wildman–Crippen LogP) is -2.65. The molecule has 4 saturated heterocycles. The smallest absolute Gasteiger partial charge is 0.187 e. The third-order valence-corrected chi connectivity index (χ3v) is 8.62. The summed E-state index contributed by atoms with van der Waals surface area (Å²) in [6.45, 7) is 4.60. The van der Waals surface area contributed by atoms with Crippen LogP contribution in [0.25, 0.3) is 0 Å². The van der Waals surface area contributed by atoms with E-state index >= 15 is 0 Å². The molecule has 43 heavy (non-hydrogen) atoms. The van der Waals surface area contributed by atoms with Crippen molar-refractivity contribution in [2.45, 2.75) is 144 Å². The van der Waals surface area contributed by atoms with Gasteiger partial charge in [0.2, 0.25) is 0 Å². The van der Waals surface area contributed by atoms with Gasteiger partial charge in [-0.25, -0.2) is 0 Å². The average Bonchev–Trinajstić information content (AvgIpc) is 2.97. The zero-order valence-electron chi connectivity index (χ0n) is 25.3. The molecule has 4 fully saturated rings. The highest BCUT2D eigenvalue weighted by atomic mass is 16.8. The first kappa shape index (κ1) is 35.2. The van der Waals surface area contributed by atoms with Crippen molar-refractivity contribution in [3.8, 4) is 0 Å². The summed E-state index contributed by atoms with van der Waals surface area (Å²) in [5.41, 5.74) is 0. The average molecular weight is 629 g/mol. The molecule has 6 N–H and O–H groups in total.